The standard InChI is InChI=1S/C58H84N8O8/c1-10-52-45(35-64-26-15-11-12-16-27-64)29-38(2)19-24-50(67)39(3)30-44(57(40(4)51(68)32-53(69)73-52)74-58-56(71)54(63(8)9)55(70)41(5)72-58)25-28-65(34-42-20-22-47(23-21-42)62(6)7)36-46-37-66(61-60-46)48-31-43-17-13-14-18-49(43)59-33-48/h13-14,17-24,29,31,33,37,39-41,44-45,51-52,54-58,68,70-71H,10-12,15-16,25-28,30,32,34-36H2,1-9H3/b24-19+,38-29+/t39-,40+,41-,44+,45-,51-,52-,54+,55-,56-,57-,58+/m1/s1. The van der Waals surface area contributed by atoms with Crippen LogP contribution in [0.4, 0.5) is 5.69 Å². The highest BCUT2D eigenvalue weighted by atomic mass is 16.7. The molecule has 3 aliphatic heterocycles. The number of aliphatic hydroxyl groups is 3. The Morgan fingerprint density at radius 3 is 2.32 bits per heavy atom. The normalized spacial score (nSPS) is 30.5. The zero-order valence-corrected chi connectivity index (χ0v) is 45.4. The molecule has 0 aliphatic carbocycles. The van der Waals surface area contributed by atoms with E-state index in [9.17, 15) is 24.9 Å². The van der Waals surface area contributed by atoms with Crippen molar-refractivity contribution in [3.63, 3.8) is 0 Å². The topological polar surface area (TPSA) is 179 Å². The molecule has 404 valence electrons. The Morgan fingerprint density at radius 2 is 1.62 bits per heavy atom. The maximum Gasteiger partial charge on any atom is 0.308 e. The maximum atomic E-state index is 14.4. The van der Waals surface area contributed by atoms with Gasteiger partial charge in [0, 0.05) is 62.6 Å². The third-order valence-corrected chi connectivity index (χ3v) is 15.6. The smallest absolute Gasteiger partial charge is 0.308 e. The minimum absolute atomic E-state index is 0.0414. The van der Waals surface area contributed by atoms with E-state index in [0.717, 1.165) is 71.6 Å². The summed E-state index contributed by atoms with van der Waals surface area (Å²) in [6.07, 6.45) is 8.55. The van der Waals surface area contributed by atoms with Crippen molar-refractivity contribution in [3.05, 3.63) is 102 Å². The van der Waals surface area contributed by atoms with Crippen molar-refractivity contribution in [1.82, 2.24) is 34.7 Å². The van der Waals surface area contributed by atoms with E-state index in [1.165, 1.54) is 12.8 Å². The van der Waals surface area contributed by atoms with Crippen LogP contribution in [0.1, 0.15) is 97.2 Å². The van der Waals surface area contributed by atoms with E-state index in [-0.39, 0.29) is 18.1 Å². The van der Waals surface area contributed by atoms with E-state index in [1.54, 1.807) is 42.9 Å². The van der Waals surface area contributed by atoms with Crippen LogP contribution in [0.2, 0.25) is 0 Å². The number of esters is 1. The summed E-state index contributed by atoms with van der Waals surface area (Å²) in [6, 6.07) is 17.7. The number of fused-ring (bicyclic) bond motifs is 1. The lowest BCUT2D eigenvalue weighted by molar-refractivity contribution is -0.304. The number of rotatable bonds is 15. The van der Waals surface area contributed by atoms with Crippen LogP contribution in [-0.2, 0) is 36.9 Å². The highest BCUT2D eigenvalue weighted by Gasteiger charge is 2.47. The summed E-state index contributed by atoms with van der Waals surface area (Å²) in [7, 11) is 7.61. The summed E-state index contributed by atoms with van der Waals surface area (Å²) in [5.74, 6) is -2.25. The summed E-state index contributed by atoms with van der Waals surface area (Å²) in [6.45, 7) is 13.7. The number of ketones is 1. The minimum atomic E-state index is -1.27. The lowest BCUT2D eigenvalue weighted by Crippen LogP contribution is -2.63. The molecule has 74 heavy (non-hydrogen) atoms. The number of nitrogens with zero attached hydrogens (tertiary/aromatic N) is 8. The molecule has 2 saturated heterocycles. The number of allylic oxidation sites excluding steroid dienone is 3. The molecule has 2 aromatic carbocycles. The average molecular weight is 1020 g/mol. The molecule has 0 spiro atoms. The number of hydrogen-bond acceptors (Lipinski definition) is 15. The fourth-order valence-corrected chi connectivity index (χ4v) is 11.1. The number of likely N-dealkylation sites (tertiary alicyclic amines) is 1. The summed E-state index contributed by atoms with van der Waals surface area (Å²) in [5.41, 5.74) is 5.51. The molecule has 2 fully saturated rings. The fraction of sp³-hybridized carbons (Fsp3) is 0.603. The summed E-state index contributed by atoms with van der Waals surface area (Å²) in [5, 5.41) is 45.6. The molecule has 5 heterocycles. The van der Waals surface area contributed by atoms with Gasteiger partial charge in [-0.3, -0.25) is 19.5 Å². The number of ether oxygens (including phenoxy) is 3. The largest absolute Gasteiger partial charge is 0.462 e. The van der Waals surface area contributed by atoms with Crippen LogP contribution in [0.5, 0.6) is 0 Å². The summed E-state index contributed by atoms with van der Waals surface area (Å²) < 4.78 is 21.3. The highest BCUT2D eigenvalue weighted by Crippen LogP contribution is 2.35. The monoisotopic (exact) mass is 1020 g/mol. The van der Waals surface area contributed by atoms with Gasteiger partial charge in [-0.2, -0.15) is 0 Å². The number of anilines is 1. The van der Waals surface area contributed by atoms with Crippen molar-refractivity contribution >= 4 is 28.3 Å². The third-order valence-electron chi connectivity index (χ3n) is 15.6. The van der Waals surface area contributed by atoms with E-state index >= 15 is 0 Å². The Bertz CT molecular complexity index is 2470. The van der Waals surface area contributed by atoms with Crippen LogP contribution in [0.25, 0.3) is 16.6 Å². The molecule has 7 rings (SSSR count). The van der Waals surface area contributed by atoms with Crippen molar-refractivity contribution in [1.29, 1.82) is 0 Å². The molecular weight excluding hydrogens is 937 g/mol. The predicted molar refractivity (Wildman–Crippen MR) is 288 cm³/mol. The van der Waals surface area contributed by atoms with Crippen LogP contribution in [-0.4, -0.2) is 165 Å². The van der Waals surface area contributed by atoms with Gasteiger partial charge in [-0.15, -0.1) is 5.10 Å². The van der Waals surface area contributed by atoms with Gasteiger partial charge in [-0.05, 0) is 122 Å². The number of hydrogen-bond donors (Lipinski definition) is 3. The number of cyclic esters (lactones) is 1. The molecule has 2 aromatic heterocycles. The molecule has 0 saturated carbocycles. The Morgan fingerprint density at radius 1 is 0.892 bits per heavy atom. The van der Waals surface area contributed by atoms with Crippen LogP contribution in [0.15, 0.2) is 90.8 Å². The van der Waals surface area contributed by atoms with Crippen molar-refractivity contribution in [2.45, 2.75) is 148 Å². The number of para-hydroxylation sites is 1. The summed E-state index contributed by atoms with van der Waals surface area (Å²) in [4.78, 5) is 41.7. The molecule has 3 aliphatic rings. The van der Waals surface area contributed by atoms with Crippen LogP contribution >= 0.6 is 0 Å². The second-order valence-corrected chi connectivity index (χ2v) is 21.8. The van der Waals surface area contributed by atoms with Gasteiger partial charge in [0.15, 0.2) is 12.1 Å². The minimum Gasteiger partial charge on any atom is -0.462 e. The number of pyridine rings is 1. The van der Waals surface area contributed by atoms with Gasteiger partial charge in [0.05, 0.1) is 66.2 Å². The number of aliphatic hydroxyl groups excluding tert-OH is 3. The van der Waals surface area contributed by atoms with Gasteiger partial charge in [-0.25, -0.2) is 4.68 Å². The fourth-order valence-electron chi connectivity index (χ4n) is 11.1. The molecule has 16 heteroatoms. The van der Waals surface area contributed by atoms with Gasteiger partial charge in [-0.1, -0.05) is 86.9 Å². The lowest BCUT2D eigenvalue weighted by Gasteiger charge is -2.46. The quantitative estimate of drug-likeness (QED) is 0.104. The van der Waals surface area contributed by atoms with Crippen LogP contribution in [0.3, 0.4) is 0 Å². The molecule has 0 radical (unpaired) electrons. The first kappa shape index (κ1) is 56.8. The second-order valence-electron chi connectivity index (χ2n) is 21.8. The molecule has 0 amide bonds. The zero-order chi connectivity index (χ0) is 53.1. The van der Waals surface area contributed by atoms with Gasteiger partial charge < -0.3 is 44.2 Å². The Balaban J connectivity index is 1.23. The molecule has 3 N–H and O–H groups in total. The second kappa shape index (κ2) is 26.7. The third kappa shape index (κ3) is 15.1. The van der Waals surface area contributed by atoms with Crippen molar-refractivity contribution < 1.29 is 39.1 Å². The zero-order valence-electron chi connectivity index (χ0n) is 45.4. The Kier molecular flexibility index (Phi) is 20.5. The molecule has 16 nitrogen and oxygen atoms in total. The van der Waals surface area contributed by atoms with Crippen molar-refractivity contribution in [2.75, 3.05) is 59.3 Å². The van der Waals surface area contributed by atoms with Crippen LogP contribution in [0, 0.1) is 23.7 Å². The van der Waals surface area contributed by atoms with E-state index < -0.39 is 72.7 Å². The summed E-state index contributed by atoms with van der Waals surface area (Å²) >= 11 is 0. The molecule has 0 unspecified atom stereocenters. The number of benzene rings is 2. The first-order valence-electron chi connectivity index (χ1n) is 27.1. The number of likely N-dealkylation sites (N-methyl/N-ethyl adjacent to an activating group) is 1. The van der Waals surface area contributed by atoms with Crippen molar-refractivity contribution in [2.24, 2.45) is 23.7 Å². The Hall–Kier alpha value is -4.91. The van der Waals surface area contributed by atoms with Gasteiger partial charge in [0.25, 0.3) is 0 Å². The molecular formula is C58H84N8O8. The van der Waals surface area contributed by atoms with Crippen molar-refractivity contribution in [3.8, 4) is 5.69 Å². The first-order chi connectivity index (χ1) is 35.5. The van der Waals surface area contributed by atoms with Gasteiger partial charge in [0.2, 0.25) is 0 Å². The highest BCUT2D eigenvalue weighted by molar-refractivity contribution is 5.91. The Labute approximate surface area is 439 Å². The number of carbonyl (C=O) groups is 2. The molecule has 12 atom stereocenters. The van der Waals surface area contributed by atoms with Crippen LogP contribution < -0.4 is 4.90 Å². The van der Waals surface area contributed by atoms with Gasteiger partial charge >= 0.3 is 5.97 Å². The first-order valence-corrected chi connectivity index (χ1v) is 27.1. The number of carbonyl (C=O) groups excluding carboxylic acids is 2. The van der Waals surface area contributed by atoms with E-state index in [1.807, 2.05) is 84.4 Å². The number of aromatic nitrogens is 4. The van der Waals surface area contributed by atoms with E-state index in [0.29, 0.717) is 38.9 Å². The molecule has 0 bridgehead atoms. The lowest BCUT2D eigenvalue weighted by atomic mass is 9.79. The van der Waals surface area contributed by atoms with E-state index in [4.69, 9.17) is 14.2 Å². The SMILES string of the molecule is CC[C@H]1OC(=O)C[C@@H](O)[C@H](C)[C@@H](O[C@@H]2O[C@H](C)[C@@H](O)[C@H](N(C)C)[C@H]2O)[C@@H](CCN(Cc2ccc(N(C)C)cc2)Cc2cn(-c3cnc4ccccc4c3)nn2)C[C@@H](C)C(=O)/C=C/C(C)=C/[C@@H]1CN1CCCCCC1. The molecule has 4 aromatic rings. The van der Waals surface area contributed by atoms with Gasteiger partial charge in [0.1, 0.15) is 12.2 Å². The average Bonchev–Trinajstić information content (AvgIpc) is 3.69. The predicted octanol–water partition coefficient (Wildman–Crippen LogP) is 6.98. The maximum absolute atomic E-state index is 14.4. The van der Waals surface area contributed by atoms with E-state index in [2.05, 4.69) is 60.3 Å².